The maximum atomic E-state index is 5.96. The average molecular weight is 358 g/mol. The summed E-state index contributed by atoms with van der Waals surface area (Å²) in [5, 5.41) is 3.55. The summed E-state index contributed by atoms with van der Waals surface area (Å²) in [5.41, 5.74) is 1.15. The Bertz CT molecular complexity index is 481. The van der Waals surface area contributed by atoms with Crippen LogP contribution in [0.15, 0.2) is 16.6 Å². The van der Waals surface area contributed by atoms with Gasteiger partial charge in [0.1, 0.15) is 0 Å². The van der Waals surface area contributed by atoms with Crippen LogP contribution in [0.3, 0.4) is 0 Å². The zero-order chi connectivity index (χ0) is 15.4. The van der Waals surface area contributed by atoms with Gasteiger partial charge >= 0.3 is 0 Å². The van der Waals surface area contributed by atoms with E-state index in [9.17, 15) is 0 Å². The fourth-order valence-corrected chi connectivity index (χ4v) is 3.44. The molecule has 3 atom stereocenters. The van der Waals surface area contributed by atoms with Crippen LogP contribution in [0.1, 0.15) is 31.9 Å². The quantitative estimate of drug-likeness (QED) is 0.844. The number of likely N-dealkylation sites (N-methyl/N-ethyl adjacent to an activating group) is 1. The Labute approximate surface area is 135 Å². The summed E-state index contributed by atoms with van der Waals surface area (Å²) in [6.45, 7) is 6.08. The van der Waals surface area contributed by atoms with Gasteiger partial charge in [-0.05, 0) is 36.6 Å². The molecule has 1 heterocycles. The molecule has 0 saturated carbocycles. The molecule has 1 saturated heterocycles. The highest BCUT2D eigenvalue weighted by Gasteiger charge is 2.34. The first-order chi connectivity index (χ1) is 10.1. The molecule has 4 nitrogen and oxygen atoms in total. The van der Waals surface area contributed by atoms with Crippen LogP contribution in [0.5, 0.6) is 11.5 Å². The second-order valence-electron chi connectivity index (χ2n) is 5.37. The molecule has 0 amide bonds. The second kappa shape index (κ2) is 7.47. The molecule has 0 aliphatic carbocycles. The molecule has 3 unspecified atom stereocenters. The summed E-state index contributed by atoms with van der Waals surface area (Å²) in [6, 6.07) is 4.13. The largest absolute Gasteiger partial charge is 0.493 e. The van der Waals surface area contributed by atoms with E-state index in [4.69, 9.17) is 14.2 Å². The van der Waals surface area contributed by atoms with E-state index in [0.29, 0.717) is 5.92 Å². The molecule has 5 heteroatoms. The van der Waals surface area contributed by atoms with Gasteiger partial charge in [-0.3, -0.25) is 0 Å². The van der Waals surface area contributed by atoms with Gasteiger partial charge in [0, 0.05) is 11.1 Å². The zero-order valence-electron chi connectivity index (χ0n) is 13.1. The lowest BCUT2D eigenvalue weighted by Gasteiger charge is -2.28. The number of halogens is 1. The first-order valence-electron chi connectivity index (χ1n) is 7.38. The van der Waals surface area contributed by atoms with Crippen LogP contribution in [0.25, 0.3) is 0 Å². The minimum absolute atomic E-state index is 0.140. The Balaban J connectivity index is 2.39. The summed E-state index contributed by atoms with van der Waals surface area (Å²) in [6.07, 6.45) is 1.29. The lowest BCUT2D eigenvalue weighted by atomic mass is 9.92. The van der Waals surface area contributed by atoms with Gasteiger partial charge in [0.25, 0.3) is 0 Å². The van der Waals surface area contributed by atoms with Gasteiger partial charge in [-0.1, -0.05) is 29.8 Å². The number of benzene rings is 1. The van der Waals surface area contributed by atoms with Crippen LogP contribution in [0.4, 0.5) is 0 Å². The molecular weight excluding hydrogens is 334 g/mol. The van der Waals surface area contributed by atoms with E-state index in [1.54, 1.807) is 14.2 Å². The fourth-order valence-electron chi connectivity index (χ4n) is 2.87. The van der Waals surface area contributed by atoms with Gasteiger partial charge in [-0.15, -0.1) is 0 Å². The molecule has 1 aliphatic rings. The molecule has 0 aromatic heterocycles. The Kier molecular flexibility index (Phi) is 5.90. The van der Waals surface area contributed by atoms with Crippen molar-refractivity contribution in [3.05, 3.63) is 22.2 Å². The van der Waals surface area contributed by atoms with E-state index in [-0.39, 0.29) is 12.1 Å². The van der Waals surface area contributed by atoms with Crippen LogP contribution in [0.2, 0.25) is 0 Å². The lowest BCUT2D eigenvalue weighted by molar-refractivity contribution is 0.0609. The molecular formula is C16H24BrNO3. The highest BCUT2D eigenvalue weighted by atomic mass is 79.9. The topological polar surface area (TPSA) is 39.7 Å². The maximum Gasteiger partial charge on any atom is 0.161 e. The van der Waals surface area contributed by atoms with Crippen molar-refractivity contribution in [1.29, 1.82) is 0 Å². The third kappa shape index (κ3) is 3.52. The van der Waals surface area contributed by atoms with Gasteiger partial charge in [0.2, 0.25) is 0 Å². The number of ether oxygens (including phenoxy) is 3. The van der Waals surface area contributed by atoms with Crippen LogP contribution < -0.4 is 14.8 Å². The summed E-state index contributed by atoms with van der Waals surface area (Å²) < 4.78 is 17.8. The second-order valence-corrected chi connectivity index (χ2v) is 6.22. The minimum atomic E-state index is 0.140. The van der Waals surface area contributed by atoms with Crippen LogP contribution in [-0.4, -0.2) is 33.5 Å². The van der Waals surface area contributed by atoms with Crippen molar-refractivity contribution in [2.24, 2.45) is 5.92 Å². The first kappa shape index (κ1) is 16.6. The van der Waals surface area contributed by atoms with Crippen molar-refractivity contribution in [2.75, 3.05) is 27.4 Å². The lowest BCUT2D eigenvalue weighted by Crippen LogP contribution is -2.35. The van der Waals surface area contributed by atoms with Crippen molar-refractivity contribution >= 4 is 15.9 Å². The Hall–Kier alpha value is -0.780. The maximum absolute atomic E-state index is 5.96. The van der Waals surface area contributed by atoms with Crippen molar-refractivity contribution < 1.29 is 14.2 Å². The monoisotopic (exact) mass is 357 g/mol. The molecule has 1 fully saturated rings. The Morgan fingerprint density at radius 2 is 2.00 bits per heavy atom. The van der Waals surface area contributed by atoms with E-state index >= 15 is 0 Å². The first-order valence-corrected chi connectivity index (χ1v) is 8.18. The van der Waals surface area contributed by atoms with Crippen LogP contribution in [0, 0.1) is 5.92 Å². The van der Waals surface area contributed by atoms with E-state index in [1.165, 1.54) is 0 Å². The fraction of sp³-hybridized carbons (Fsp3) is 0.625. The molecule has 0 bridgehead atoms. The van der Waals surface area contributed by atoms with Gasteiger partial charge in [0.15, 0.2) is 11.5 Å². The summed E-state index contributed by atoms with van der Waals surface area (Å²) in [4.78, 5) is 0. The standard InChI is InChI=1S/C16H24BrNO3/c1-5-18-15(16-10(2)6-7-21-16)11-8-13(19-3)14(20-4)9-12(11)17/h8-10,15-16,18H,5-7H2,1-4H3. The van der Waals surface area contributed by atoms with E-state index in [2.05, 4.69) is 35.1 Å². The summed E-state index contributed by atoms with van der Waals surface area (Å²) in [7, 11) is 3.31. The smallest absolute Gasteiger partial charge is 0.161 e. The SMILES string of the molecule is CCNC(c1cc(OC)c(OC)cc1Br)C1OCCC1C. The van der Waals surface area contributed by atoms with Gasteiger partial charge in [-0.2, -0.15) is 0 Å². The van der Waals surface area contributed by atoms with E-state index < -0.39 is 0 Å². The highest BCUT2D eigenvalue weighted by molar-refractivity contribution is 9.10. The molecule has 0 radical (unpaired) electrons. The van der Waals surface area contributed by atoms with Gasteiger partial charge in [0.05, 0.1) is 26.4 Å². The average Bonchev–Trinajstić information content (AvgIpc) is 2.90. The predicted molar refractivity (Wildman–Crippen MR) is 87.2 cm³/mol. The number of hydrogen-bond donors (Lipinski definition) is 1. The number of nitrogens with one attached hydrogen (secondary N) is 1. The predicted octanol–water partition coefficient (Wildman–Crippen LogP) is 3.54. The van der Waals surface area contributed by atoms with Crippen LogP contribution in [-0.2, 0) is 4.74 Å². The Morgan fingerprint density at radius 1 is 1.33 bits per heavy atom. The number of hydrogen-bond acceptors (Lipinski definition) is 4. The van der Waals surface area contributed by atoms with Gasteiger partial charge < -0.3 is 19.5 Å². The van der Waals surface area contributed by atoms with Crippen molar-refractivity contribution in [3.8, 4) is 11.5 Å². The molecule has 1 aliphatic heterocycles. The highest BCUT2D eigenvalue weighted by Crippen LogP contribution is 2.40. The van der Waals surface area contributed by atoms with E-state index in [0.717, 1.165) is 41.1 Å². The number of rotatable bonds is 6. The molecule has 21 heavy (non-hydrogen) atoms. The normalized spacial score (nSPS) is 23.1. The molecule has 1 aromatic carbocycles. The van der Waals surface area contributed by atoms with Crippen molar-refractivity contribution in [1.82, 2.24) is 5.32 Å². The third-order valence-electron chi connectivity index (χ3n) is 4.03. The molecule has 0 spiro atoms. The zero-order valence-corrected chi connectivity index (χ0v) is 14.7. The molecule has 1 aromatic rings. The van der Waals surface area contributed by atoms with Crippen molar-refractivity contribution in [2.45, 2.75) is 32.4 Å². The summed E-state index contributed by atoms with van der Waals surface area (Å²) >= 11 is 3.66. The van der Waals surface area contributed by atoms with Crippen molar-refractivity contribution in [3.63, 3.8) is 0 Å². The molecule has 1 N–H and O–H groups in total. The van der Waals surface area contributed by atoms with Gasteiger partial charge in [-0.25, -0.2) is 0 Å². The Morgan fingerprint density at radius 3 is 2.52 bits per heavy atom. The molecule has 2 rings (SSSR count). The minimum Gasteiger partial charge on any atom is -0.493 e. The summed E-state index contributed by atoms with van der Waals surface area (Å²) in [5.74, 6) is 2.00. The molecule has 118 valence electrons. The van der Waals surface area contributed by atoms with Crippen LogP contribution >= 0.6 is 15.9 Å². The number of methoxy groups -OCH3 is 2. The van der Waals surface area contributed by atoms with E-state index in [1.807, 2.05) is 12.1 Å². The third-order valence-corrected chi connectivity index (χ3v) is 4.72.